The van der Waals surface area contributed by atoms with E-state index in [4.69, 9.17) is 0 Å². The lowest BCUT2D eigenvalue weighted by molar-refractivity contribution is -0.508. The molecule has 0 saturated carbocycles. The molecule has 0 aliphatic heterocycles. The van der Waals surface area contributed by atoms with E-state index in [1.807, 2.05) is 31.2 Å². The lowest BCUT2D eigenvalue weighted by Gasteiger charge is -2.18. The van der Waals surface area contributed by atoms with Crippen molar-refractivity contribution in [1.82, 2.24) is 0 Å². The van der Waals surface area contributed by atoms with Gasteiger partial charge in [0, 0.05) is 9.82 Å². The third kappa shape index (κ3) is 4.02. The SMILES string of the molecule is Cc1ccc(SC(C(O)C(C)C)[N+](=O)[O-])cc1. The van der Waals surface area contributed by atoms with E-state index >= 15 is 0 Å². The highest BCUT2D eigenvalue weighted by Gasteiger charge is 2.33. The van der Waals surface area contributed by atoms with Crippen LogP contribution in [0.3, 0.4) is 0 Å². The van der Waals surface area contributed by atoms with E-state index < -0.39 is 16.4 Å². The van der Waals surface area contributed by atoms with Crippen LogP contribution in [0.1, 0.15) is 19.4 Å². The predicted octanol–water partition coefficient (Wildman–Crippen LogP) is 2.71. The summed E-state index contributed by atoms with van der Waals surface area (Å²) in [7, 11) is 0. The minimum Gasteiger partial charge on any atom is -0.385 e. The lowest BCUT2D eigenvalue weighted by atomic mass is 10.1. The van der Waals surface area contributed by atoms with Crippen molar-refractivity contribution in [2.75, 3.05) is 0 Å². The molecule has 0 amide bonds. The first-order valence-electron chi connectivity index (χ1n) is 5.46. The van der Waals surface area contributed by atoms with Crippen molar-refractivity contribution in [2.24, 2.45) is 5.92 Å². The number of thioether (sulfide) groups is 1. The van der Waals surface area contributed by atoms with Crippen LogP contribution in [0, 0.1) is 23.0 Å². The molecule has 17 heavy (non-hydrogen) atoms. The molecule has 5 heteroatoms. The largest absolute Gasteiger partial charge is 0.385 e. The summed E-state index contributed by atoms with van der Waals surface area (Å²) >= 11 is 1.09. The van der Waals surface area contributed by atoms with Crippen LogP contribution in [0.5, 0.6) is 0 Å². The second-order valence-corrected chi connectivity index (χ2v) is 5.53. The van der Waals surface area contributed by atoms with Crippen molar-refractivity contribution in [2.45, 2.75) is 37.1 Å². The Morgan fingerprint density at radius 2 is 1.82 bits per heavy atom. The van der Waals surface area contributed by atoms with Gasteiger partial charge in [0.2, 0.25) is 0 Å². The molecule has 0 aromatic heterocycles. The first kappa shape index (κ1) is 14.0. The predicted molar refractivity (Wildman–Crippen MR) is 68.7 cm³/mol. The molecule has 0 radical (unpaired) electrons. The first-order chi connectivity index (χ1) is 7.91. The van der Waals surface area contributed by atoms with Gasteiger partial charge in [-0.25, -0.2) is 0 Å². The van der Waals surface area contributed by atoms with Crippen LogP contribution < -0.4 is 0 Å². The van der Waals surface area contributed by atoms with Crippen LogP contribution in [0.25, 0.3) is 0 Å². The summed E-state index contributed by atoms with van der Waals surface area (Å²) in [6, 6.07) is 7.48. The highest BCUT2D eigenvalue weighted by atomic mass is 32.2. The Kier molecular flexibility index (Phi) is 4.96. The number of nitro groups is 1. The van der Waals surface area contributed by atoms with Crippen LogP contribution in [0.4, 0.5) is 0 Å². The van der Waals surface area contributed by atoms with E-state index in [0.29, 0.717) is 0 Å². The normalized spacial score (nSPS) is 14.6. The average Bonchev–Trinajstić information content (AvgIpc) is 2.26. The van der Waals surface area contributed by atoms with Gasteiger partial charge in [-0.05, 0) is 36.7 Å². The number of hydrogen-bond donors (Lipinski definition) is 1. The van der Waals surface area contributed by atoms with E-state index in [1.54, 1.807) is 13.8 Å². The summed E-state index contributed by atoms with van der Waals surface area (Å²) in [6.45, 7) is 5.51. The van der Waals surface area contributed by atoms with Crippen molar-refractivity contribution in [1.29, 1.82) is 0 Å². The van der Waals surface area contributed by atoms with Gasteiger partial charge in [0.05, 0.1) is 0 Å². The standard InChI is InChI=1S/C12H17NO3S/c1-8(2)11(14)12(13(15)16)17-10-6-4-9(3)5-7-10/h4-8,11-12,14H,1-3H3. The number of hydrogen-bond acceptors (Lipinski definition) is 4. The number of rotatable bonds is 5. The highest BCUT2D eigenvalue weighted by Crippen LogP contribution is 2.28. The molecule has 94 valence electrons. The molecule has 0 heterocycles. The number of aliphatic hydroxyl groups excluding tert-OH is 1. The quantitative estimate of drug-likeness (QED) is 0.380. The molecule has 1 aromatic carbocycles. The molecule has 0 bridgehead atoms. The van der Waals surface area contributed by atoms with E-state index in [1.165, 1.54) is 0 Å². The maximum atomic E-state index is 10.9. The van der Waals surface area contributed by atoms with Gasteiger partial charge in [-0.2, -0.15) is 0 Å². The molecule has 4 nitrogen and oxygen atoms in total. The van der Waals surface area contributed by atoms with Crippen LogP contribution >= 0.6 is 11.8 Å². The fourth-order valence-electron chi connectivity index (χ4n) is 1.32. The van der Waals surface area contributed by atoms with Crippen LogP contribution in [0.15, 0.2) is 29.2 Å². The molecule has 0 aliphatic carbocycles. The Balaban J connectivity index is 2.80. The van der Waals surface area contributed by atoms with Crippen molar-refractivity contribution in [3.63, 3.8) is 0 Å². The molecular weight excluding hydrogens is 238 g/mol. The topological polar surface area (TPSA) is 63.4 Å². The molecule has 1 N–H and O–H groups in total. The first-order valence-corrected chi connectivity index (χ1v) is 6.34. The maximum Gasteiger partial charge on any atom is 0.288 e. The molecule has 2 unspecified atom stereocenters. The van der Waals surface area contributed by atoms with Crippen LogP contribution in [-0.2, 0) is 0 Å². The summed E-state index contributed by atoms with van der Waals surface area (Å²) in [6.07, 6.45) is -0.948. The molecule has 0 fully saturated rings. The summed E-state index contributed by atoms with van der Waals surface area (Å²) in [5.41, 5.74) is 1.11. The Hall–Kier alpha value is -1.07. The van der Waals surface area contributed by atoms with Gasteiger partial charge >= 0.3 is 0 Å². The number of benzene rings is 1. The Morgan fingerprint density at radius 1 is 1.29 bits per heavy atom. The lowest BCUT2D eigenvalue weighted by Crippen LogP contribution is -2.34. The second kappa shape index (κ2) is 6.02. The smallest absolute Gasteiger partial charge is 0.288 e. The van der Waals surface area contributed by atoms with Crippen molar-refractivity contribution in [3.8, 4) is 0 Å². The highest BCUT2D eigenvalue weighted by molar-refractivity contribution is 7.99. The van der Waals surface area contributed by atoms with Crippen LogP contribution in [0.2, 0.25) is 0 Å². The van der Waals surface area contributed by atoms with E-state index in [2.05, 4.69) is 0 Å². The Labute approximate surface area is 105 Å². The third-order valence-corrected chi connectivity index (χ3v) is 3.70. The van der Waals surface area contributed by atoms with E-state index in [-0.39, 0.29) is 5.92 Å². The summed E-state index contributed by atoms with van der Waals surface area (Å²) in [5.74, 6) is -0.136. The fourth-order valence-corrected chi connectivity index (χ4v) is 2.43. The van der Waals surface area contributed by atoms with E-state index in [0.717, 1.165) is 22.2 Å². The molecule has 1 rings (SSSR count). The van der Waals surface area contributed by atoms with Gasteiger partial charge in [0.25, 0.3) is 5.37 Å². The Bertz CT molecular complexity index is 378. The summed E-state index contributed by atoms with van der Waals surface area (Å²) in [4.78, 5) is 11.3. The zero-order valence-electron chi connectivity index (χ0n) is 10.2. The van der Waals surface area contributed by atoms with Crippen molar-refractivity contribution >= 4 is 11.8 Å². The van der Waals surface area contributed by atoms with Gasteiger partial charge < -0.3 is 5.11 Å². The molecule has 0 spiro atoms. The second-order valence-electron chi connectivity index (χ2n) is 4.34. The number of nitrogens with zero attached hydrogens (tertiary/aromatic N) is 1. The summed E-state index contributed by atoms with van der Waals surface area (Å²) in [5, 5.41) is 19.7. The van der Waals surface area contributed by atoms with Gasteiger partial charge in [-0.1, -0.05) is 31.5 Å². The monoisotopic (exact) mass is 255 g/mol. The molecule has 0 saturated heterocycles. The number of aliphatic hydroxyl groups is 1. The van der Waals surface area contributed by atoms with Crippen molar-refractivity contribution in [3.05, 3.63) is 39.9 Å². The van der Waals surface area contributed by atoms with Crippen LogP contribution in [-0.4, -0.2) is 21.5 Å². The molecule has 0 aliphatic rings. The summed E-state index contributed by atoms with van der Waals surface area (Å²) < 4.78 is 0. The van der Waals surface area contributed by atoms with Gasteiger partial charge in [-0.15, -0.1) is 0 Å². The number of aryl methyl sites for hydroxylation is 1. The maximum absolute atomic E-state index is 10.9. The third-order valence-electron chi connectivity index (χ3n) is 2.46. The van der Waals surface area contributed by atoms with E-state index in [9.17, 15) is 15.2 Å². The fraction of sp³-hybridized carbons (Fsp3) is 0.500. The van der Waals surface area contributed by atoms with Gasteiger partial charge in [-0.3, -0.25) is 10.1 Å². The van der Waals surface area contributed by atoms with Crippen molar-refractivity contribution < 1.29 is 10.0 Å². The zero-order chi connectivity index (χ0) is 13.0. The minimum absolute atomic E-state index is 0.136. The van der Waals surface area contributed by atoms with Gasteiger partial charge in [0.1, 0.15) is 6.10 Å². The van der Waals surface area contributed by atoms with Gasteiger partial charge in [0.15, 0.2) is 0 Å². The Morgan fingerprint density at radius 3 is 2.24 bits per heavy atom. The molecular formula is C12H17NO3S. The molecule has 2 atom stereocenters. The minimum atomic E-state index is -1.02. The molecule has 1 aromatic rings. The average molecular weight is 255 g/mol. The zero-order valence-corrected chi connectivity index (χ0v) is 11.0.